The Kier molecular flexibility index (Phi) is 2.98. The van der Waals surface area contributed by atoms with E-state index in [1.165, 1.54) is 0 Å². The van der Waals surface area contributed by atoms with Crippen molar-refractivity contribution in [1.82, 2.24) is 0 Å². The van der Waals surface area contributed by atoms with Crippen molar-refractivity contribution in [3.05, 3.63) is 34.1 Å². The van der Waals surface area contributed by atoms with Crippen molar-refractivity contribution in [2.75, 3.05) is 0 Å². The fourth-order valence-electron chi connectivity index (χ4n) is 0.792. The van der Waals surface area contributed by atoms with Crippen molar-refractivity contribution >= 4 is 22.7 Å². The second-order valence-electron chi connectivity index (χ2n) is 2.21. The highest BCUT2D eigenvalue weighted by atomic mass is 35.5. The third-order valence-electron chi connectivity index (χ3n) is 1.31. The number of nitro groups is 1. The van der Waals surface area contributed by atoms with Crippen molar-refractivity contribution in [3.8, 4) is 5.75 Å². The third-order valence-corrected chi connectivity index (χ3v) is 1.39. The molecule has 1 aromatic carbocycles. The first-order valence-electron chi connectivity index (χ1n) is 3.32. The summed E-state index contributed by atoms with van der Waals surface area (Å²) in [5, 5.41) is 10.2. The Morgan fingerprint density at radius 3 is 2.64 bits per heavy atom. The Labute approximate surface area is 82.2 Å². The highest BCUT2D eigenvalue weighted by molar-refractivity contribution is 6.61. The number of rotatable bonds is 2. The zero-order valence-electron chi connectivity index (χ0n) is 6.57. The number of nitrogens with zero attached hydrogens (tertiary/aromatic N) is 1. The van der Waals surface area contributed by atoms with E-state index in [1.54, 1.807) is 0 Å². The number of nitro benzene ring substituents is 1. The molecular formula is C7H3ClFNO4. The number of carbonyl (C=O) groups is 1. The second kappa shape index (κ2) is 4.01. The first kappa shape index (κ1) is 10.4. The summed E-state index contributed by atoms with van der Waals surface area (Å²) in [5.41, 5.74) is -1.84. The molecule has 7 heteroatoms. The lowest BCUT2D eigenvalue weighted by Crippen LogP contribution is -1.98. The van der Waals surface area contributed by atoms with Crippen LogP contribution >= 0.6 is 11.6 Å². The van der Waals surface area contributed by atoms with Crippen LogP contribution in [0.15, 0.2) is 18.2 Å². The van der Waals surface area contributed by atoms with Crippen LogP contribution in [0.2, 0.25) is 0 Å². The molecule has 0 fully saturated rings. The summed E-state index contributed by atoms with van der Waals surface area (Å²) >= 11 is 4.85. The van der Waals surface area contributed by atoms with Crippen LogP contribution in [0.25, 0.3) is 0 Å². The minimum atomic E-state index is -1.14. The van der Waals surface area contributed by atoms with E-state index in [2.05, 4.69) is 4.74 Å². The molecule has 0 radical (unpaired) electrons. The van der Waals surface area contributed by atoms with Gasteiger partial charge in [-0.25, -0.2) is 4.79 Å². The molecule has 1 aromatic rings. The summed E-state index contributed by atoms with van der Waals surface area (Å²) in [6, 6.07) is 2.66. The van der Waals surface area contributed by atoms with Crippen molar-refractivity contribution in [3.63, 3.8) is 0 Å². The molecular weight excluding hydrogens is 217 g/mol. The third kappa shape index (κ3) is 2.40. The maximum atomic E-state index is 12.9. The Balaban J connectivity index is 3.00. The number of hydrogen-bond acceptors (Lipinski definition) is 4. The molecule has 0 spiro atoms. The molecule has 0 bridgehead atoms. The Hall–Kier alpha value is -1.69. The number of carbonyl (C=O) groups excluding carboxylic acids is 1. The largest absolute Gasteiger partial charge is 0.414 e. The van der Waals surface area contributed by atoms with Gasteiger partial charge in [-0.2, -0.15) is 4.39 Å². The SMILES string of the molecule is O=C(Cl)Oc1ccc([N+](=O)[O-])c(F)c1. The molecule has 0 aromatic heterocycles. The van der Waals surface area contributed by atoms with Gasteiger partial charge in [0.05, 0.1) is 4.92 Å². The Morgan fingerprint density at radius 2 is 2.21 bits per heavy atom. The number of halogens is 2. The molecule has 0 aliphatic heterocycles. The summed E-state index contributed by atoms with van der Waals surface area (Å²) in [6.07, 6.45) is 0. The number of benzene rings is 1. The lowest BCUT2D eigenvalue weighted by Gasteiger charge is -1.99. The summed E-state index contributed by atoms with van der Waals surface area (Å²) in [4.78, 5) is 19.5. The maximum Gasteiger partial charge on any atom is 0.409 e. The average molecular weight is 220 g/mol. The van der Waals surface area contributed by atoms with E-state index in [0.29, 0.717) is 6.07 Å². The molecule has 0 aliphatic rings. The van der Waals surface area contributed by atoms with Crippen LogP contribution in [-0.4, -0.2) is 10.4 Å². The highest BCUT2D eigenvalue weighted by Crippen LogP contribution is 2.22. The molecule has 1 rings (SSSR count). The second-order valence-corrected chi connectivity index (χ2v) is 2.52. The van der Waals surface area contributed by atoms with Gasteiger partial charge >= 0.3 is 11.1 Å². The van der Waals surface area contributed by atoms with E-state index in [1.807, 2.05) is 0 Å². The van der Waals surface area contributed by atoms with Gasteiger partial charge in [0.1, 0.15) is 5.75 Å². The van der Waals surface area contributed by atoms with E-state index in [0.717, 1.165) is 12.1 Å². The van der Waals surface area contributed by atoms with Crippen LogP contribution in [0, 0.1) is 15.9 Å². The molecule has 0 atom stereocenters. The van der Waals surface area contributed by atoms with Gasteiger partial charge in [-0.15, -0.1) is 0 Å². The lowest BCUT2D eigenvalue weighted by molar-refractivity contribution is -0.387. The predicted octanol–water partition coefficient (Wildman–Crippen LogP) is 2.47. The van der Waals surface area contributed by atoms with E-state index in [-0.39, 0.29) is 5.75 Å². The first-order valence-corrected chi connectivity index (χ1v) is 3.70. The molecule has 0 unspecified atom stereocenters. The number of ether oxygens (including phenoxy) is 1. The fourth-order valence-corrected chi connectivity index (χ4v) is 0.881. The number of hydrogen-bond donors (Lipinski definition) is 0. The van der Waals surface area contributed by atoms with Gasteiger partial charge < -0.3 is 4.74 Å². The monoisotopic (exact) mass is 219 g/mol. The standard InChI is InChI=1S/C7H3ClFNO4/c8-7(11)14-4-1-2-6(10(12)13)5(9)3-4/h1-3H. The molecule has 0 saturated carbocycles. The normalized spacial score (nSPS) is 9.57. The van der Waals surface area contributed by atoms with Gasteiger partial charge in [0.15, 0.2) is 0 Å². The van der Waals surface area contributed by atoms with Crippen LogP contribution in [0.4, 0.5) is 14.9 Å². The summed E-state index contributed by atoms with van der Waals surface area (Å²) in [7, 11) is 0. The van der Waals surface area contributed by atoms with Gasteiger partial charge in [-0.05, 0) is 6.07 Å². The first-order chi connectivity index (χ1) is 6.50. The van der Waals surface area contributed by atoms with E-state index < -0.39 is 21.9 Å². The molecule has 0 amide bonds. The fraction of sp³-hybridized carbons (Fsp3) is 0. The quantitative estimate of drug-likeness (QED) is 0.435. The van der Waals surface area contributed by atoms with Gasteiger partial charge in [0.25, 0.3) is 0 Å². The zero-order chi connectivity index (χ0) is 10.7. The van der Waals surface area contributed by atoms with Crippen molar-refractivity contribution in [2.24, 2.45) is 0 Å². The predicted molar refractivity (Wildman–Crippen MR) is 44.9 cm³/mol. The van der Waals surface area contributed by atoms with Crippen LogP contribution < -0.4 is 4.74 Å². The smallest absolute Gasteiger partial charge is 0.409 e. The molecule has 5 nitrogen and oxygen atoms in total. The average Bonchev–Trinajstić information content (AvgIpc) is 2.01. The molecule has 0 N–H and O–H groups in total. The van der Waals surface area contributed by atoms with E-state index >= 15 is 0 Å². The van der Waals surface area contributed by atoms with Crippen LogP contribution in [0.5, 0.6) is 5.75 Å². The minimum absolute atomic E-state index is 0.187. The van der Waals surface area contributed by atoms with Crippen LogP contribution in [-0.2, 0) is 0 Å². The lowest BCUT2D eigenvalue weighted by atomic mass is 10.3. The zero-order valence-corrected chi connectivity index (χ0v) is 7.32. The van der Waals surface area contributed by atoms with Gasteiger partial charge in [-0.1, -0.05) is 0 Å². The van der Waals surface area contributed by atoms with E-state index in [4.69, 9.17) is 11.6 Å². The van der Waals surface area contributed by atoms with Crippen molar-refractivity contribution in [1.29, 1.82) is 0 Å². The molecule has 0 aliphatic carbocycles. The Morgan fingerprint density at radius 1 is 1.57 bits per heavy atom. The van der Waals surface area contributed by atoms with Crippen LogP contribution in [0.1, 0.15) is 0 Å². The summed E-state index contributed by atoms with van der Waals surface area (Å²) < 4.78 is 17.2. The minimum Gasteiger partial charge on any atom is -0.414 e. The Bertz CT molecular complexity index is 395. The van der Waals surface area contributed by atoms with Crippen molar-refractivity contribution in [2.45, 2.75) is 0 Å². The summed E-state index contributed by atoms with van der Waals surface area (Å²) in [5.74, 6) is -1.28. The molecule has 74 valence electrons. The van der Waals surface area contributed by atoms with Gasteiger partial charge in [-0.3, -0.25) is 10.1 Å². The summed E-state index contributed by atoms with van der Waals surface area (Å²) in [6.45, 7) is 0. The maximum absolute atomic E-state index is 12.9. The topological polar surface area (TPSA) is 69.4 Å². The molecule has 0 heterocycles. The van der Waals surface area contributed by atoms with Gasteiger partial charge in [0, 0.05) is 23.7 Å². The highest BCUT2D eigenvalue weighted by Gasteiger charge is 2.14. The van der Waals surface area contributed by atoms with Gasteiger partial charge in [0.2, 0.25) is 5.82 Å². The van der Waals surface area contributed by atoms with Crippen LogP contribution in [0.3, 0.4) is 0 Å². The molecule has 14 heavy (non-hydrogen) atoms. The van der Waals surface area contributed by atoms with E-state index in [9.17, 15) is 19.3 Å². The van der Waals surface area contributed by atoms with Crippen molar-refractivity contribution < 1.29 is 18.8 Å². The molecule has 0 saturated heterocycles.